The maximum absolute atomic E-state index is 8.74. The van der Waals surface area contributed by atoms with Gasteiger partial charge in [-0.1, -0.05) is 30.3 Å². The Morgan fingerprint density at radius 1 is 1.44 bits per heavy atom. The lowest BCUT2D eigenvalue weighted by molar-refractivity contribution is 0.275. The third-order valence-corrected chi connectivity index (χ3v) is 2.23. The van der Waals surface area contributed by atoms with E-state index in [1.165, 1.54) is 0 Å². The highest BCUT2D eigenvalue weighted by Gasteiger charge is 2.00. The van der Waals surface area contributed by atoms with Crippen LogP contribution in [0.5, 0.6) is 0 Å². The normalized spacial score (nSPS) is 13.5. The number of nitrogens with two attached hydrogens (primary N) is 1. The molecule has 1 aromatic carbocycles. The predicted molar refractivity (Wildman–Crippen MR) is 66.1 cm³/mol. The Labute approximate surface area is 96.2 Å². The highest BCUT2D eigenvalue weighted by atomic mass is 16.3. The van der Waals surface area contributed by atoms with E-state index in [2.05, 4.69) is 10.3 Å². The van der Waals surface area contributed by atoms with Crippen molar-refractivity contribution in [3.63, 3.8) is 0 Å². The van der Waals surface area contributed by atoms with E-state index in [0.717, 1.165) is 5.56 Å². The minimum Gasteiger partial charge on any atom is -0.396 e. The van der Waals surface area contributed by atoms with Crippen molar-refractivity contribution in [1.82, 2.24) is 5.32 Å². The fourth-order valence-electron chi connectivity index (χ4n) is 1.32. The summed E-state index contributed by atoms with van der Waals surface area (Å²) < 4.78 is 0. The number of rotatable bonds is 5. The fraction of sp³-hybridized carbons (Fsp3) is 0.417. The number of aliphatic hydroxyl groups is 1. The zero-order chi connectivity index (χ0) is 11.8. The molecule has 0 fully saturated rings. The number of guanidine groups is 1. The molecule has 0 heterocycles. The van der Waals surface area contributed by atoms with Crippen LogP contribution in [0.25, 0.3) is 0 Å². The summed E-state index contributed by atoms with van der Waals surface area (Å²) in [6.45, 7) is 2.69. The van der Waals surface area contributed by atoms with Gasteiger partial charge in [-0.05, 0) is 18.9 Å². The van der Waals surface area contributed by atoms with Gasteiger partial charge in [0.2, 0.25) is 0 Å². The Bertz CT molecular complexity index is 324. The van der Waals surface area contributed by atoms with Crippen molar-refractivity contribution < 1.29 is 5.11 Å². The second kappa shape index (κ2) is 6.85. The first-order valence-electron chi connectivity index (χ1n) is 5.43. The van der Waals surface area contributed by atoms with Gasteiger partial charge in [-0.25, -0.2) is 4.99 Å². The number of aliphatic hydroxyl groups excluding tert-OH is 1. The van der Waals surface area contributed by atoms with E-state index in [1.807, 2.05) is 37.3 Å². The van der Waals surface area contributed by atoms with Crippen molar-refractivity contribution in [2.75, 3.05) is 6.61 Å². The summed E-state index contributed by atoms with van der Waals surface area (Å²) in [6, 6.07) is 10.1. The van der Waals surface area contributed by atoms with E-state index < -0.39 is 0 Å². The van der Waals surface area contributed by atoms with E-state index in [0.29, 0.717) is 18.9 Å². The van der Waals surface area contributed by atoms with Crippen LogP contribution in [0.1, 0.15) is 18.9 Å². The predicted octanol–water partition coefficient (Wildman–Crippen LogP) is 0.862. The maximum Gasteiger partial charge on any atom is 0.189 e. The molecule has 1 unspecified atom stereocenters. The SMILES string of the molecule is CC(CCO)NC(N)=NCc1ccccc1. The molecule has 1 aromatic rings. The molecule has 4 heteroatoms. The lowest BCUT2D eigenvalue weighted by Gasteiger charge is -2.12. The van der Waals surface area contributed by atoms with Crippen molar-refractivity contribution in [2.24, 2.45) is 10.7 Å². The first-order chi connectivity index (χ1) is 7.72. The van der Waals surface area contributed by atoms with Gasteiger partial charge >= 0.3 is 0 Å². The van der Waals surface area contributed by atoms with Crippen LogP contribution in [-0.2, 0) is 6.54 Å². The first-order valence-corrected chi connectivity index (χ1v) is 5.43. The van der Waals surface area contributed by atoms with Gasteiger partial charge in [-0.15, -0.1) is 0 Å². The lowest BCUT2D eigenvalue weighted by atomic mass is 10.2. The number of nitrogens with zero attached hydrogens (tertiary/aromatic N) is 1. The summed E-state index contributed by atoms with van der Waals surface area (Å²) in [5.74, 6) is 0.421. The van der Waals surface area contributed by atoms with Gasteiger partial charge in [-0.2, -0.15) is 0 Å². The molecule has 0 aliphatic carbocycles. The van der Waals surface area contributed by atoms with E-state index >= 15 is 0 Å². The third kappa shape index (κ3) is 4.79. The molecule has 88 valence electrons. The molecule has 0 radical (unpaired) electrons. The molecule has 0 amide bonds. The van der Waals surface area contributed by atoms with Crippen molar-refractivity contribution in [3.05, 3.63) is 35.9 Å². The van der Waals surface area contributed by atoms with Crippen LogP contribution in [0.2, 0.25) is 0 Å². The largest absolute Gasteiger partial charge is 0.396 e. The minimum absolute atomic E-state index is 0.143. The monoisotopic (exact) mass is 221 g/mol. The number of benzene rings is 1. The first kappa shape index (κ1) is 12.5. The Balaban J connectivity index is 2.39. The zero-order valence-corrected chi connectivity index (χ0v) is 9.56. The Morgan fingerprint density at radius 2 is 2.12 bits per heavy atom. The van der Waals surface area contributed by atoms with E-state index in [1.54, 1.807) is 0 Å². The number of hydrogen-bond acceptors (Lipinski definition) is 2. The van der Waals surface area contributed by atoms with E-state index in [9.17, 15) is 0 Å². The Morgan fingerprint density at radius 3 is 2.75 bits per heavy atom. The molecule has 0 aromatic heterocycles. The molecule has 0 saturated carbocycles. The van der Waals surface area contributed by atoms with Crippen molar-refractivity contribution >= 4 is 5.96 Å². The van der Waals surface area contributed by atoms with Crippen LogP contribution in [-0.4, -0.2) is 23.7 Å². The molecule has 4 N–H and O–H groups in total. The molecule has 0 aliphatic heterocycles. The second-order valence-electron chi connectivity index (χ2n) is 3.74. The number of hydrogen-bond donors (Lipinski definition) is 3. The Kier molecular flexibility index (Phi) is 5.36. The van der Waals surface area contributed by atoms with Crippen molar-refractivity contribution in [3.8, 4) is 0 Å². The third-order valence-electron chi connectivity index (χ3n) is 2.23. The molecular formula is C12H19N3O. The van der Waals surface area contributed by atoms with Crippen LogP contribution < -0.4 is 11.1 Å². The summed E-state index contributed by atoms with van der Waals surface area (Å²) >= 11 is 0. The van der Waals surface area contributed by atoms with Crippen LogP contribution in [0.3, 0.4) is 0 Å². The molecule has 0 saturated heterocycles. The molecule has 1 rings (SSSR count). The maximum atomic E-state index is 8.74. The summed E-state index contributed by atoms with van der Waals surface area (Å²) in [5, 5.41) is 11.8. The van der Waals surface area contributed by atoms with Crippen LogP contribution in [0.15, 0.2) is 35.3 Å². The van der Waals surface area contributed by atoms with Crippen LogP contribution in [0, 0.1) is 0 Å². The van der Waals surface area contributed by atoms with Gasteiger partial charge in [0.1, 0.15) is 0 Å². The fourth-order valence-corrected chi connectivity index (χ4v) is 1.32. The van der Waals surface area contributed by atoms with Gasteiger partial charge in [0.15, 0.2) is 5.96 Å². The molecule has 0 bridgehead atoms. The van der Waals surface area contributed by atoms with Crippen LogP contribution >= 0.6 is 0 Å². The van der Waals surface area contributed by atoms with Gasteiger partial charge in [0.05, 0.1) is 6.54 Å². The topological polar surface area (TPSA) is 70.6 Å². The molecule has 0 spiro atoms. The quantitative estimate of drug-likeness (QED) is 0.510. The second-order valence-corrected chi connectivity index (χ2v) is 3.74. The minimum atomic E-state index is 0.143. The molecule has 16 heavy (non-hydrogen) atoms. The number of aliphatic imine (C=N–C) groups is 1. The van der Waals surface area contributed by atoms with Gasteiger partial charge in [0.25, 0.3) is 0 Å². The van der Waals surface area contributed by atoms with Gasteiger partial charge in [-0.3, -0.25) is 0 Å². The average Bonchev–Trinajstić information content (AvgIpc) is 2.28. The smallest absolute Gasteiger partial charge is 0.189 e. The summed E-state index contributed by atoms with van der Waals surface area (Å²) in [6.07, 6.45) is 0.668. The van der Waals surface area contributed by atoms with E-state index in [4.69, 9.17) is 10.8 Å². The standard InChI is InChI=1S/C12H19N3O/c1-10(7-8-16)15-12(13)14-9-11-5-3-2-4-6-11/h2-6,10,16H,7-9H2,1H3,(H3,13,14,15). The summed E-state index contributed by atoms with van der Waals surface area (Å²) in [4.78, 5) is 4.22. The highest BCUT2D eigenvalue weighted by molar-refractivity contribution is 5.78. The van der Waals surface area contributed by atoms with Crippen molar-refractivity contribution in [2.45, 2.75) is 25.9 Å². The number of nitrogens with one attached hydrogen (secondary N) is 1. The Hall–Kier alpha value is -1.55. The molecule has 1 atom stereocenters. The molecule has 0 aliphatic rings. The lowest BCUT2D eigenvalue weighted by Crippen LogP contribution is -2.38. The van der Waals surface area contributed by atoms with Gasteiger partial charge < -0.3 is 16.2 Å². The summed E-state index contributed by atoms with van der Waals surface area (Å²) in [5.41, 5.74) is 6.84. The van der Waals surface area contributed by atoms with Gasteiger partial charge in [0, 0.05) is 12.6 Å². The molecular weight excluding hydrogens is 202 g/mol. The van der Waals surface area contributed by atoms with E-state index in [-0.39, 0.29) is 12.6 Å². The summed E-state index contributed by atoms with van der Waals surface area (Å²) in [7, 11) is 0. The highest BCUT2D eigenvalue weighted by Crippen LogP contribution is 1.99. The zero-order valence-electron chi connectivity index (χ0n) is 9.56. The van der Waals surface area contributed by atoms with Crippen molar-refractivity contribution in [1.29, 1.82) is 0 Å². The molecule has 4 nitrogen and oxygen atoms in total. The average molecular weight is 221 g/mol. The van der Waals surface area contributed by atoms with Crippen LogP contribution in [0.4, 0.5) is 0 Å².